The topological polar surface area (TPSA) is 66.5 Å². The maximum atomic E-state index is 12.7. The first-order valence-corrected chi connectivity index (χ1v) is 10.9. The van der Waals surface area contributed by atoms with Crippen LogP contribution < -0.4 is 9.62 Å². The number of rotatable bonds is 4. The van der Waals surface area contributed by atoms with E-state index in [4.69, 9.17) is 0 Å². The number of anilines is 1. The van der Waals surface area contributed by atoms with E-state index in [1.165, 1.54) is 9.87 Å². The smallest absolute Gasteiger partial charge is 0.251 e. The Kier molecular flexibility index (Phi) is 5.56. The molecule has 0 bridgehead atoms. The summed E-state index contributed by atoms with van der Waals surface area (Å²) in [4.78, 5) is 12.7. The van der Waals surface area contributed by atoms with Gasteiger partial charge in [0.25, 0.3) is 5.91 Å². The fourth-order valence-corrected chi connectivity index (χ4v) is 4.99. The van der Waals surface area contributed by atoms with Gasteiger partial charge >= 0.3 is 0 Å². The molecule has 0 radical (unpaired) electrons. The Labute approximate surface area is 161 Å². The Balaban J connectivity index is 1.82. The summed E-state index contributed by atoms with van der Waals surface area (Å²) in [5, 5.41) is 3.00. The highest BCUT2D eigenvalue weighted by molar-refractivity contribution is 7.92. The van der Waals surface area contributed by atoms with Crippen LogP contribution >= 0.6 is 0 Å². The second-order valence-corrected chi connectivity index (χ2v) is 9.22. The van der Waals surface area contributed by atoms with Gasteiger partial charge in [-0.05, 0) is 56.9 Å². The van der Waals surface area contributed by atoms with Gasteiger partial charge in [0.15, 0.2) is 0 Å². The minimum absolute atomic E-state index is 0.137. The molecule has 0 spiro atoms. The minimum Gasteiger partial charge on any atom is -0.346 e. The number of sulfonamides is 1. The third kappa shape index (κ3) is 4.33. The molecule has 1 aliphatic rings. The van der Waals surface area contributed by atoms with Gasteiger partial charge in [0.05, 0.1) is 17.5 Å². The lowest BCUT2D eigenvalue weighted by molar-refractivity contribution is 0.0940. The van der Waals surface area contributed by atoms with Crippen molar-refractivity contribution in [2.75, 3.05) is 16.6 Å². The molecule has 27 heavy (non-hydrogen) atoms. The molecule has 1 N–H and O–H groups in total. The molecule has 5 nitrogen and oxygen atoms in total. The van der Waals surface area contributed by atoms with Crippen LogP contribution in [0.5, 0.6) is 0 Å². The Morgan fingerprint density at radius 2 is 1.78 bits per heavy atom. The molecule has 1 saturated heterocycles. The van der Waals surface area contributed by atoms with E-state index in [1.54, 1.807) is 12.1 Å². The van der Waals surface area contributed by atoms with Crippen molar-refractivity contribution in [2.24, 2.45) is 0 Å². The number of hydrogen-bond acceptors (Lipinski definition) is 3. The lowest BCUT2D eigenvalue weighted by atomic mass is 10.1. The van der Waals surface area contributed by atoms with E-state index in [1.807, 2.05) is 51.1 Å². The third-order valence-electron chi connectivity index (χ3n) is 5.01. The molecule has 2 aromatic rings. The van der Waals surface area contributed by atoms with Crippen molar-refractivity contribution in [1.82, 2.24) is 5.32 Å². The van der Waals surface area contributed by atoms with Crippen molar-refractivity contribution >= 4 is 21.6 Å². The molecule has 144 valence electrons. The van der Waals surface area contributed by atoms with Gasteiger partial charge in [-0.2, -0.15) is 0 Å². The maximum absolute atomic E-state index is 12.7. The summed E-state index contributed by atoms with van der Waals surface area (Å²) in [6.07, 6.45) is 1.52. The maximum Gasteiger partial charge on any atom is 0.251 e. The summed E-state index contributed by atoms with van der Waals surface area (Å²) in [6.45, 7) is 6.30. The number of nitrogens with zero attached hydrogens (tertiary/aromatic N) is 1. The van der Waals surface area contributed by atoms with Crippen LogP contribution in [0.25, 0.3) is 0 Å². The van der Waals surface area contributed by atoms with Gasteiger partial charge in [0, 0.05) is 12.1 Å². The number of nitrogens with one attached hydrogen (secondary N) is 1. The molecule has 1 amide bonds. The molecule has 1 fully saturated rings. The first-order chi connectivity index (χ1) is 12.8. The minimum atomic E-state index is -3.31. The van der Waals surface area contributed by atoms with Crippen molar-refractivity contribution in [3.05, 3.63) is 64.7 Å². The first kappa shape index (κ1) is 19.4. The molecule has 0 saturated carbocycles. The Morgan fingerprint density at radius 1 is 1.07 bits per heavy atom. The van der Waals surface area contributed by atoms with E-state index < -0.39 is 10.0 Å². The Morgan fingerprint density at radius 3 is 2.44 bits per heavy atom. The van der Waals surface area contributed by atoms with Crippen molar-refractivity contribution in [1.29, 1.82) is 0 Å². The molecule has 0 aliphatic carbocycles. The van der Waals surface area contributed by atoms with Gasteiger partial charge in [-0.1, -0.05) is 35.9 Å². The zero-order valence-corrected chi connectivity index (χ0v) is 16.8. The molecule has 0 aromatic heterocycles. The molecular weight excluding hydrogens is 360 g/mol. The highest BCUT2D eigenvalue weighted by Gasteiger charge is 2.27. The lowest BCUT2D eigenvalue weighted by Gasteiger charge is -2.29. The SMILES string of the molecule is Cc1ccc([C@@H](C)NC(=O)c2ccc(C)c(N3CCCCS3(=O)=O)c2)cc1. The van der Waals surface area contributed by atoms with E-state index in [9.17, 15) is 13.2 Å². The Bertz CT molecular complexity index is 936. The zero-order valence-electron chi connectivity index (χ0n) is 16.0. The van der Waals surface area contributed by atoms with Crippen LogP contribution in [-0.2, 0) is 10.0 Å². The number of benzene rings is 2. The van der Waals surface area contributed by atoms with Crippen molar-refractivity contribution in [3.8, 4) is 0 Å². The quantitative estimate of drug-likeness (QED) is 0.871. The summed E-state index contributed by atoms with van der Waals surface area (Å²) in [5.74, 6) is -0.0495. The first-order valence-electron chi connectivity index (χ1n) is 9.26. The fourth-order valence-electron chi connectivity index (χ4n) is 3.30. The van der Waals surface area contributed by atoms with Gasteiger partial charge in [0.1, 0.15) is 0 Å². The standard InChI is InChI=1S/C21H26N2O3S/c1-15-6-9-18(10-7-15)17(3)22-21(24)19-11-8-16(2)20(14-19)23-12-4-5-13-27(23,25)26/h6-11,14,17H,4-5,12-13H2,1-3H3,(H,22,24)/t17-/m1/s1. The zero-order chi connectivity index (χ0) is 19.6. The molecule has 6 heteroatoms. The van der Waals surface area contributed by atoms with Crippen LogP contribution in [0.3, 0.4) is 0 Å². The molecular formula is C21H26N2O3S. The lowest BCUT2D eigenvalue weighted by Crippen LogP contribution is -2.38. The molecule has 2 aromatic carbocycles. The van der Waals surface area contributed by atoms with Gasteiger partial charge < -0.3 is 5.32 Å². The number of hydrogen-bond donors (Lipinski definition) is 1. The fraction of sp³-hybridized carbons (Fsp3) is 0.381. The van der Waals surface area contributed by atoms with Crippen molar-refractivity contribution < 1.29 is 13.2 Å². The number of aryl methyl sites for hydroxylation is 2. The summed E-state index contributed by atoms with van der Waals surface area (Å²) >= 11 is 0. The second kappa shape index (κ2) is 7.72. The van der Waals surface area contributed by atoms with Crippen LogP contribution in [0.15, 0.2) is 42.5 Å². The summed E-state index contributed by atoms with van der Waals surface area (Å²) in [7, 11) is -3.31. The average molecular weight is 387 g/mol. The number of carbonyl (C=O) groups excluding carboxylic acids is 1. The van der Waals surface area contributed by atoms with E-state index in [0.29, 0.717) is 24.2 Å². The van der Waals surface area contributed by atoms with E-state index in [2.05, 4.69) is 5.32 Å². The molecule has 1 heterocycles. The molecule has 3 rings (SSSR count). The number of amides is 1. The van der Waals surface area contributed by atoms with Crippen LogP contribution in [0.1, 0.15) is 52.9 Å². The highest BCUT2D eigenvalue weighted by Crippen LogP contribution is 2.28. The van der Waals surface area contributed by atoms with Gasteiger partial charge in [-0.25, -0.2) is 8.42 Å². The largest absolute Gasteiger partial charge is 0.346 e. The van der Waals surface area contributed by atoms with Gasteiger partial charge in [-0.3, -0.25) is 9.10 Å². The predicted molar refractivity (Wildman–Crippen MR) is 109 cm³/mol. The summed E-state index contributed by atoms with van der Waals surface area (Å²) in [6, 6.07) is 13.1. The van der Waals surface area contributed by atoms with Crippen molar-refractivity contribution in [2.45, 2.75) is 39.7 Å². The van der Waals surface area contributed by atoms with E-state index >= 15 is 0 Å². The van der Waals surface area contributed by atoms with Crippen LogP contribution in [0.2, 0.25) is 0 Å². The average Bonchev–Trinajstić information content (AvgIpc) is 2.62. The van der Waals surface area contributed by atoms with Crippen LogP contribution in [-0.4, -0.2) is 26.6 Å². The van der Waals surface area contributed by atoms with Gasteiger partial charge in [0.2, 0.25) is 10.0 Å². The normalized spacial score (nSPS) is 17.4. The monoisotopic (exact) mass is 386 g/mol. The predicted octanol–water partition coefficient (Wildman–Crippen LogP) is 3.72. The number of carbonyl (C=O) groups is 1. The molecule has 1 aliphatic heterocycles. The van der Waals surface area contributed by atoms with Crippen LogP contribution in [0.4, 0.5) is 5.69 Å². The van der Waals surface area contributed by atoms with Crippen LogP contribution in [0, 0.1) is 13.8 Å². The summed E-state index contributed by atoms with van der Waals surface area (Å²) in [5.41, 5.74) is 4.12. The van der Waals surface area contributed by atoms with E-state index in [-0.39, 0.29) is 17.7 Å². The van der Waals surface area contributed by atoms with Gasteiger partial charge in [-0.15, -0.1) is 0 Å². The van der Waals surface area contributed by atoms with Crippen molar-refractivity contribution in [3.63, 3.8) is 0 Å². The molecule has 0 unspecified atom stereocenters. The summed E-state index contributed by atoms with van der Waals surface area (Å²) < 4.78 is 26.3. The highest BCUT2D eigenvalue weighted by atomic mass is 32.2. The van der Waals surface area contributed by atoms with E-state index in [0.717, 1.165) is 17.5 Å². The third-order valence-corrected chi connectivity index (χ3v) is 6.87. The Hall–Kier alpha value is -2.34. The second-order valence-electron chi connectivity index (χ2n) is 7.20. The molecule has 1 atom stereocenters.